The molecule has 0 amide bonds. The van der Waals surface area contributed by atoms with Gasteiger partial charge in [0, 0.05) is 27.3 Å². The van der Waals surface area contributed by atoms with Crippen molar-refractivity contribution in [2.24, 2.45) is 0 Å². The van der Waals surface area contributed by atoms with Crippen molar-refractivity contribution in [3.8, 4) is 45.0 Å². The van der Waals surface area contributed by atoms with Crippen LogP contribution in [0.1, 0.15) is 0 Å². The molecule has 2 heterocycles. The van der Waals surface area contributed by atoms with Gasteiger partial charge in [0.25, 0.3) is 0 Å². The molecule has 0 spiro atoms. The number of hydrogen-bond donors (Lipinski definition) is 0. The van der Waals surface area contributed by atoms with Crippen LogP contribution in [0.4, 0.5) is 0 Å². The van der Waals surface area contributed by atoms with Gasteiger partial charge in [0.05, 0.1) is 11.2 Å². The summed E-state index contributed by atoms with van der Waals surface area (Å²) >= 11 is 0. The van der Waals surface area contributed by atoms with Crippen LogP contribution in [0.3, 0.4) is 0 Å². The van der Waals surface area contributed by atoms with Crippen LogP contribution in [0.25, 0.3) is 99.3 Å². The van der Waals surface area contributed by atoms with Gasteiger partial charge in [-0.15, -0.1) is 0 Å². The van der Waals surface area contributed by atoms with Crippen molar-refractivity contribution in [3.05, 3.63) is 170 Å². The Morgan fingerprint density at radius 1 is 0.367 bits per heavy atom. The lowest BCUT2D eigenvalue weighted by molar-refractivity contribution is 0.620. The third-order valence-corrected chi connectivity index (χ3v) is 9.66. The van der Waals surface area contributed by atoms with Crippen molar-refractivity contribution in [2.45, 2.75) is 0 Å². The second-order valence-electron chi connectivity index (χ2n) is 12.6. The van der Waals surface area contributed by atoms with Gasteiger partial charge >= 0.3 is 0 Å². The van der Waals surface area contributed by atoms with E-state index in [4.69, 9.17) is 14.4 Å². The van der Waals surface area contributed by atoms with Gasteiger partial charge in [-0.25, -0.2) is 9.97 Å². The lowest BCUT2D eigenvalue weighted by Crippen LogP contribution is -1.91. The number of hydrogen-bond acceptors (Lipinski definition) is 3. The zero-order chi connectivity index (χ0) is 32.3. The molecule has 3 nitrogen and oxygen atoms in total. The van der Waals surface area contributed by atoms with Gasteiger partial charge in [-0.1, -0.05) is 121 Å². The molecule has 0 aliphatic rings. The van der Waals surface area contributed by atoms with E-state index in [-0.39, 0.29) is 0 Å². The number of fused-ring (bicyclic) bond motifs is 7. The maximum absolute atomic E-state index is 6.26. The van der Waals surface area contributed by atoms with Gasteiger partial charge in [-0.05, 0) is 92.3 Å². The van der Waals surface area contributed by atoms with Crippen LogP contribution in [0, 0.1) is 0 Å². The third-order valence-electron chi connectivity index (χ3n) is 9.66. The Kier molecular flexibility index (Phi) is 6.18. The minimum absolute atomic E-state index is 0.621. The first-order chi connectivity index (χ1) is 24.2. The second-order valence-corrected chi connectivity index (χ2v) is 12.6. The molecule has 228 valence electrons. The number of para-hydroxylation sites is 1. The zero-order valence-corrected chi connectivity index (χ0v) is 26.5. The highest BCUT2D eigenvalue weighted by atomic mass is 16.3. The Morgan fingerprint density at radius 3 is 1.69 bits per heavy atom. The normalized spacial score (nSPS) is 11.7. The van der Waals surface area contributed by atoms with E-state index in [9.17, 15) is 0 Å². The molecule has 0 N–H and O–H groups in total. The molecule has 2 aromatic heterocycles. The van der Waals surface area contributed by atoms with Crippen LogP contribution >= 0.6 is 0 Å². The summed E-state index contributed by atoms with van der Waals surface area (Å²) in [6.07, 6.45) is 0. The fourth-order valence-corrected chi connectivity index (χ4v) is 7.15. The van der Waals surface area contributed by atoms with Crippen molar-refractivity contribution in [3.63, 3.8) is 0 Å². The predicted molar refractivity (Wildman–Crippen MR) is 204 cm³/mol. The van der Waals surface area contributed by atoms with Crippen LogP contribution in [0.5, 0.6) is 0 Å². The molecule has 8 aromatic carbocycles. The zero-order valence-electron chi connectivity index (χ0n) is 26.5. The molecular weight excluding hydrogens is 597 g/mol. The summed E-state index contributed by atoms with van der Waals surface area (Å²) in [6.45, 7) is 0. The average Bonchev–Trinajstić information content (AvgIpc) is 3.62. The van der Waals surface area contributed by atoms with Crippen molar-refractivity contribution in [2.75, 3.05) is 0 Å². The number of nitrogens with zero attached hydrogens (tertiary/aromatic N) is 2. The Hall–Kier alpha value is -6.58. The van der Waals surface area contributed by atoms with Crippen molar-refractivity contribution >= 4 is 54.3 Å². The summed E-state index contributed by atoms with van der Waals surface area (Å²) in [4.78, 5) is 10.2. The molecule has 49 heavy (non-hydrogen) atoms. The molecule has 0 bridgehead atoms. The van der Waals surface area contributed by atoms with E-state index >= 15 is 0 Å². The minimum atomic E-state index is 0.621. The molecule has 0 saturated carbocycles. The van der Waals surface area contributed by atoms with Gasteiger partial charge in [-0.3, -0.25) is 0 Å². The molecule has 0 unspecified atom stereocenters. The molecule has 0 saturated heterocycles. The van der Waals surface area contributed by atoms with E-state index in [2.05, 4.69) is 127 Å². The smallest absolute Gasteiger partial charge is 0.227 e. The van der Waals surface area contributed by atoms with Crippen LogP contribution < -0.4 is 0 Å². The minimum Gasteiger partial charge on any atom is -0.436 e. The lowest BCUT2D eigenvalue weighted by atomic mass is 9.95. The topological polar surface area (TPSA) is 38.9 Å². The van der Waals surface area contributed by atoms with Crippen LogP contribution in [0.15, 0.2) is 174 Å². The molecule has 0 atom stereocenters. The van der Waals surface area contributed by atoms with Gasteiger partial charge in [0.2, 0.25) is 5.89 Å². The highest BCUT2D eigenvalue weighted by Gasteiger charge is 2.17. The maximum Gasteiger partial charge on any atom is 0.227 e. The van der Waals surface area contributed by atoms with E-state index in [0.717, 1.165) is 49.6 Å². The summed E-state index contributed by atoms with van der Waals surface area (Å²) in [5, 5.41) is 8.15. The van der Waals surface area contributed by atoms with Crippen LogP contribution in [0.2, 0.25) is 0 Å². The molecule has 10 rings (SSSR count). The third kappa shape index (κ3) is 4.67. The van der Waals surface area contributed by atoms with E-state index < -0.39 is 0 Å². The predicted octanol–water partition coefficient (Wildman–Crippen LogP) is 12.5. The van der Waals surface area contributed by atoms with Crippen molar-refractivity contribution in [1.82, 2.24) is 9.97 Å². The molecule has 0 fully saturated rings. The van der Waals surface area contributed by atoms with E-state index in [0.29, 0.717) is 5.89 Å². The summed E-state index contributed by atoms with van der Waals surface area (Å²) in [6, 6.07) is 59.9. The number of oxazole rings is 1. The number of benzene rings is 8. The standard InChI is InChI=1S/C46H28N2O/c1-2-9-32(10-3-1)46-48-45-42(49-46)25-24-40-43(45)39-12-6-7-13-41(39)47-44(40)31-17-14-30(15-18-31)34-20-21-37-28-38(23-22-36(37)27-34)35-19-16-29-8-4-5-11-33(29)26-35/h1-28H. The highest BCUT2D eigenvalue weighted by molar-refractivity contribution is 6.20. The van der Waals surface area contributed by atoms with E-state index in [1.807, 2.05) is 42.5 Å². The summed E-state index contributed by atoms with van der Waals surface area (Å²) in [5.74, 6) is 0.621. The molecule has 0 aliphatic carbocycles. The van der Waals surface area contributed by atoms with Gasteiger partial charge in [0.1, 0.15) is 5.52 Å². The first-order valence-corrected chi connectivity index (χ1v) is 16.6. The van der Waals surface area contributed by atoms with E-state index in [1.54, 1.807) is 0 Å². The first kappa shape index (κ1) is 27.5. The quantitative estimate of drug-likeness (QED) is 0.183. The summed E-state index contributed by atoms with van der Waals surface area (Å²) in [7, 11) is 0. The maximum atomic E-state index is 6.26. The fourth-order valence-electron chi connectivity index (χ4n) is 7.15. The van der Waals surface area contributed by atoms with Gasteiger partial charge in [0.15, 0.2) is 5.58 Å². The van der Waals surface area contributed by atoms with E-state index in [1.165, 1.54) is 43.8 Å². The van der Waals surface area contributed by atoms with Gasteiger partial charge < -0.3 is 4.42 Å². The SMILES string of the molecule is c1ccc(-c2nc3c(ccc4c(-c5ccc(-c6ccc7cc(-c8ccc9ccccc9c8)ccc7c6)cc5)nc5ccccc5c43)o2)cc1. The number of aromatic nitrogens is 2. The average molecular weight is 625 g/mol. The Balaban J connectivity index is 1.03. The number of rotatable bonds is 4. The molecule has 0 aliphatic heterocycles. The second kappa shape index (κ2) is 11.0. The molecule has 0 radical (unpaired) electrons. The van der Waals surface area contributed by atoms with Crippen LogP contribution in [-0.2, 0) is 0 Å². The Bertz CT molecular complexity index is 2870. The molecule has 10 aromatic rings. The first-order valence-electron chi connectivity index (χ1n) is 16.6. The summed E-state index contributed by atoms with van der Waals surface area (Å²) < 4.78 is 6.26. The fraction of sp³-hybridized carbons (Fsp3) is 0. The highest BCUT2D eigenvalue weighted by Crippen LogP contribution is 2.39. The Labute approximate surface area is 282 Å². The molecule has 3 heteroatoms. The van der Waals surface area contributed by atoms with Crippen LogP contribution in [-0.4, -0.2) is 9.97 Å². The number of pyridine rings is 1. The van der Waals surface area contributed by atoms with Crippen molar-refractivity contribution < 1.29 is 4.42 Å². The lowest BCUT2D eigenvalue weighted by Gasteiger charge is -2.11. The largest absolute Gasteiger partial charge is 0.436 e. The van der Waals surface area contributed by atoms with Crippen molar-refractivity contribution in [1.29, 1.82) is 0 Å². The monoisotopic (exact) mass is 624 g/mol. The molecular formula is C46H28N2O. The summed E-state index contributed by atoms with van der Waals surface area (Å²) in [5.41, 5.74) is 10.3. The van der Waals surface area contributed by atoms with Gasteiger partial charge in [-0.2, -0.15) is 0 Å². The Morgan fingerprint density at radius 2 is 0.939 bits per heavy atom.